The van der Waals surface area contributed by atoms with Crippen LogP contribution in [0.2, 0.25) is 0 Å². The van der Waals surface area contributed by atoms with Crippen LogP contribution in [0.3, 0.4) is 0 Å². The molecule has 0 saturated carbocycles. The van der Waals surface area contributed by atoms with Gasteiger partial charge in [0.2, 0.25) is 5.95 Å². The molecule has 17 heavy (non-hydrogen) atoms. The van der Waals surface area contributed by atoms with Gasteiger partial charge in [-0.15, -0.1) is 0 Å². The summed E-state index contributed by atoms with van der Waals surface area (Å²) in [4.78, 5) is 11.3. The maximum Gasteiger partial charge on any atom is 0.224 e. The van der Waals surface area contributed by atoms with Crippen LogP contribution >= 0.6 is 0 Å². The smallest absolute Gasteiger partial charge is 0.224 e. The molecule has 1 aromatic rings. The third-order valence-corrected chi connectivity index (χ3v) is 3.57. The zero-order chi connectivity index (χ0) is 12.4. The first-order chi connectivity index (χ1) is 8.11. The molecule has 2 heterocycles. The molecule has 2 rings (SSSR count). The Morgan fingerprint density at radius 2 is 2.00 bits per heavy atom. The van der Waals surface area contributed by atoms with Crippen molar-refractivity contribution in [3.05, 3.63) is 11.8 Å². The Morgan fingerprint density at radius 3 is 2.59 bits per heavy atom. The van der Waals surface area contributed by atoms with Gasteiger partial charge in [0, 0.05) is 31.4 Å². The molecule has 0 amide bonds. The van der Waals surface area contributed by atoms with Crippen LogP contribution < -0.4 is 10.2 Å². The number of hydrogen-bond acceptors (Lipinski definition) is 4. The van der Waals surface area contributed by atoms with Gasteiger partial charge in [0.25, 0.3) is 0 Å². The largest absolute Gasteiger partial charge is 0.356 e. The van der Waals surface area contributed by atoms with Gasteiger partial charge >= 0.3 is 0 Å². The van der Waals surface area contributed by atoms with E-state index >= 15 is 0 Å². The third-order valence-electron chi connectivity index (χ3n) is 3.57. The summed E-state index contributed by atoms with van der Waals surface area (Å²) in [6.45, 7) is 11.8. The second-order valence-corrected chi connectivity index (χ2v) is 5.09. The van der Waals surface area contributed by atoms with E-state index in [2.05, 4.69) is 47.9 Å². The molecule has 0 aliphatic carbocycles. The van der Waals surface area contributed by atoms with E-state index in [1.54, 1.807) is 0 Å². The van der Waals surface area contributed by atoms with Gasteiger partial charge < -0.3 is 10.2 Å². The molecule has 2 unspecified atom stereocenters. The lowest BCUT2D eigenvalue weighted by Crippen LogP contribution is -2.22. The predicted molar refractivity (Wildman–Crippen MR) is 71.5 cm³/mol. The molecule has 0 bridgehead atoms. The maximum absolute atomic E-state index is 4.62. The number of nitrogens with zero attached hydrogens (tertiary/aromatic N) is 3. The minimum Gasteiger partial charge on any atom is -0.356 e. The maximum atomic E-state index is 4.62. The second-order valence-electron chi connectivity index (χ2n) is 5.09. The first-order valence-corrected chi connectivity index (χ1v) is 6.44. The molecular weight excluding hydrogens is 212 g/mol. The van der Waals surface area contributed by atoms with Gasteiger partial charge in [0.15, 0.2) is 0 Å². The van der Waals surface area contributed by atoms with Gasteiger partial charge in [-0.25, -0.2) is 4.98 Å². The zero-order valence-corrected chi connectivity index (χ0v) is 11.2. The highest BCUT2D eigenvalue weighted by Gasteiger charge is 2.27. The van der Waals surface area contributed by atoms with E-state index < -0.39 is 0 Å². The first kappa shape index (κ1) is 12.1. The molecule has 4 nitrogen and oxygen atoms in total. The normalized spacial score (nSPS) is 24.1. The fourth-order valence-corrected chi connectivity index (χ4v) is 2.30. The minimum absolute atomic E-state index is 0.736. The Balaban J connectivity index is 2.22. The van der Waals surface area contributed by atoms with Crippen LogP contribution in [0.4, 0.5) is 11.8 Å². The first-order valence-electron chi connectivity index (χ1n) is 6.44. The van der Waals surface area contributed by atoms with Crippen LogP contribution in [0.15, 0.2) is 6.20 Å². The molecule has 1 aliphatic rings. The lowest BCUT2D eigenvalue weighted by molar-refractivity contribution is 0.494. The van der Waals surface area contributed by atoms with Crippen molar-refractivity contribution in [3.8, 4) is 0 Å². The van der Waals surface area contributed by atoms with E-state index in [0.717, 1.165) is 48.8 Å². The van der Waals surface area contributed by atoms with Gasteiger partial charge in [-0.1, -0.05) is 13.8 Å². The number of anilines is 2. The predicted octanol–water partition coefficient (Wildman–Crippen LogP) is 2.31. The highest BCUT2D eigenvalue weighted by atomic mass is 15.2. The van der Waals surface area contributed by atoms with E-state index in [1.165, 1.54) is 0 Å². The van der Waals surface area contributed by atoms with Crippen molar-refractivity contribution in [2.45, 2.75) is 27.7 Å². The molecule has 0 radical (unpaired) electrons. The number of hydrogen-bond donors (Lipinski definition) is 1. The fourth-order valence-electron chi connectivity index (χ4n) is 2.30. The lowest BCUT2D eigenvalue weighted by Gasteiger charge is -2.19. The minimum atomic E-state index is 0.736. The van der Waals surface area contributed by atoms with Crippen molar-refractivity contribution in [1.82, 2.24) is 9.97 Å². The SMILES string of the molecule is CCNc1ncc(C)c(N2CC(C)C(C)C2)n1. The molecule has 1 aliphatic heterocycles. The van der Waals surface area contributed by atoms with E-state index in [-0.39, 0.29) is 0 Å². The van der Waals surface area contributed by atoms with E-state index in [0.29, 0.717) is 0 Å². The summed E-state index contributed by atoms with van der Waals surface area (Å²) < 4.78 is 0. The van der Waals surface area contributed by atoms with Crippen molar-refractivity contribution in [3.63, 3.8) is 0 Å². The summed E-state index contributed by atoms with van der Waals surface area (Å²) in [5, 5.41) is 3.17. The average molecular weight is 234 g/mol. The summed E-state index contributed by atoms with van der Waals surface area (Å²) in [6.07, 6.45) is 1.91. The standard InChI is InChI=1S/C13H22N4/c1-5-14-13-15-6-9(2)12(16-13)17-7-10(3)11(4)8-17/h6,10-11H,5,7-8H2,1-4H3,(H,14,15,16). The van der Waals surface area contributed by atoms with Gasteiger partial charge in [0.1, 0.15) is 5.82 Å². The molecule has 0 spiro atoms. The van der Waals surface area contributed by atoms with Crippen LogP contribution in [0.25, 0.3) is 0 Å². The van der Waals surface area contributed by atoms with Crippen LogP contribution in [-0.4, -0.2) is 29.6 Å². The van der Waals surface area contributed by atoms with Crippen LogP contribution in [0, 0.1) is 18.8 Å². The van der Waals surface area contributed by atoms with Crippen molar-refractivity contribution < 1.29 is 0 Å². The zero-order valence-electron chi connectivity index (χ0n) is 11.2. The Labute approximate surface area is 103 Å². The Hall–Kier alpha value is -1.32. The summed E-state index contributed by atoms with van der Waals surface area (Å²) in [5.74, 6) is 3.31. The monoisotopic (exact) mass is 234 g/mol. The topological polar surface area (TPSA) is 41.1 Å². The molecule has 1 saturated heterocycles. The summed E-state index contributed by atoms with van der Waals surface area (Å²) in [7, 11) is 0. The highest BCUT2D eigenvalue weighted by molar-refractivity contribution is 5.49. The van der Waals surface area contributed by atoms with Crippen molar-refractivity contribution >= 4 is 11.8 Å². The quantitative estimate of drug-likeness (QED) is 0.871. The Kier molecular flexibility index (Phi) is 3.50. The molecule has 1 N–H and O–H groups in total. The average Bonchev–Trinajstić information content (AvgIpc) is 2.62. The summed E-state index contributed by atoms with van der Waals surface area (Å²) in [5.41, 5.74) is 1.16. The number of aromatic nitrogens is 2. The van der Waals surface area contributed by atoms with Gasteiger partial charge in [-0.05, 0) is 25.7 Å². The van der Waals surface area contributed by atoms with Crippen molar-refractivity contribution in [2.75, 3.05) is 29.9 Å². The Bertz CT molecular complexity index is 381. The number of rotatable bonds is 3. The van der Waals surface area contributed by atoms with Crippen LogP contribution in [-0.2, 0) is 0 Å². The lowest BCUT2D eigenvalue weighted by atomic mass is 10.0. The van der Waals surface area contributed by atoms with Crippen molar-refractivity contribution in [1.29, 1.82) is 0 Å². The number of nitrogens with one attached hydrogen (secondary N) is 1. The van der Waals surface area contributed by atoms with Crippen molar-refractivity contribution in [2.24, 2.45) is 11.8 Å². The third kappa shape index (κ3) is 2.51. The van der Waals surface area contributed by atoms with E-state index in [4.69, 9.17) is 0 Å². The molecule has 1 fully saturated rings. The molecule has 2 atom stereocenters. The molecule has 1 aromatic heterocycles. The van der Waals surface area contributed by atoms with Gasteiger partial charge in [-0.2, -0.15) is 4.98 Å². The van der Waals surface area contributed by atoms with Gasteiger partial charge in [0.05, 0.1) is 0 Å². The van der Waals surface area contributed by atoms with E-state index in [9.17, 15) is 0 Å². The van der Waals surface area contributed by atoms with Crippen LogP contribution in [0.1, 0.15) is 26.3 Å². The second kappa shape index (κ2) is 4.90. The number of aryl methyl sites for hydroxylation is 1. The molecule has 0 aromatic carbocycles. The summed E-state index contributed by atoms with van der Waals surface area (Å²) in [6, 6.07) is 0. The Morgan fingerprint density at radius 1 is 1.35 bits per heavy atom. The summed E-state index contributed by atoms with van der Waals surface area (Å²) >= 11 is 0. The molecular formula is C13H22N4. The van der Waals surface area contributed by atoms with Gasteiger partial charge in [-0.3, -0.25) is 0 Å². The highest BCUT2D eigenvalue weighted by Crippen LogP contribution is 2.28. The van der Waals surface area contributed by atoms with E-state index in [1.807, 2.05) is 6.20 Å². The van der Waals surface area contributed by atoms with Crippen LogP contribution in [0.5, 0.6) is 0 Å². The molecule has 4 heteroatoms. The molecule has 94 valence electrons. The fraction of sp³-hybridized carbons (Fsp3) is 0.692.